The van der Waals surface area contributed by atoms with Gasteiger partial charge in [-0.25, -0.2) is 0 Å². The number of ether oxygens (including phenoxy) is 4. The highest BCUT2D eigenvalue weighted by atomic mass is 16.5. The van der Waals surface area contributed by atoms with Crippen molar-refractivity contribution in [1.29, 1.82) is 0 Å². The number of hydrogen-bond donors (Lipinski definition) is 1. The standard InChI is InChI=1S/C26H31NO5/c1-7-32-16-10-8-15(9-11-16)21-22-18(13-26(2,3)14-19(22)28)27-17-12-20(29-4)24(30-5)25(31-6)23(17)21/h8-12,21,27H,7,13-14H2,1-6H3/t21-/m0/s1. The first-order valence-electron chi connectivity index (χ1n) is 10.9. The highest BCUT2D eigenvalue weighted by molar-refractivity contribution is 6.02. The SMILES string of the molecule is CCOc1ccc([C@H]2C3=C(CC(C)(C)CC3=O)Nc3cc(OC)c(OC)c(OC)c32)cc1. The third-order valence-electron chi connectivity index (χ3n) is 6.18. The molecular weight excluding hydrogens is 406 g/mol. The van der Waals surface area contributed by atoms with Crippen LogP contribution in [0.3, 0.4) is 0 Å². The van der Waals surface area contributed by atoms with E-state index in [1.807, 2.05) is 37.3 Å². The third-order valence-corrected chi connectivity index (χ3v) is 6.18. The Morgan fingerprint density at radius 3 is 2.28 bits per heavy atom. The number of Topliss-reactive ketones (excluding diaryl/α,β-unsaturated/α-hetero) is 1. The molecule has 0 saturated heterocycles. The van der Waals surface area contributed by atoms with Crippen molar-refractivity contribution >= 4 is 11.5 Å². The number of ketones is 1. The average molecular weight is 438 g/mol. The Hall–Kier alpha value is -3.15. The summed E-state index contributed by atoms with van der Waals surface area (Å²) in [6.07, 6.45) is 1.30. The van der Waals surface area contributed by atoms with Crippen molar-refractivity contribution in [3.05, 3.63) is 52.7 Å². The molecule has 2 aromatic rings. The van der Waals surface area contributed by atoms with Gasteiger partial charge in [-0.3, -0.25) is 4.79 Å². The van der Waals surface area contributed by atoms with E-state index in [9.17, 15) is 4.79 Å². The number of hydrogen-bond acceptors (Lipinski definition) is 6. The van der Waals surface area contributed by atoms with E-state index in [4.69, 9.17) is 18.9 Å². The highest BCUT2D eigenvalue weighted by Gasteiger charge is 2.43. The number of carbonyl (C=O) groups is 1. The van der Waals surface area contributed by atoms with Gasteiger partial charge < -0.3 is 24.3 Å². The number of carbonyl (C=O) groups excluding carboxylic acids is 1. The normalized spacial score (nSPS) is 18.9. The number of nitrogens with one attached hydrogen (secondary N) is 1. The van der Waals surface area contributed by atoms with Gasteiger partial charge >= 0.3 is 0 Å². The molecule has 0 saturated carbocycles. The number of allylic oxidation sites excluding steroid dienone is 2. The fourth-order valence-corrected chi connectivity index (χ4v) is 4.91. The Labute approximate surface area is 189 Å². The van der Waals surface area contributed by atoms with Gasteiger partial charge in [0.15, 0.2) is 17.3 Å². The van der Waals surface area contributed by atoms with Crippen LogP contribution in [0.5, 0.6) is 23.0 Å². The van der Waals surface area contributed by atoms with Gasteiger partial charge in [-0.05, 0) is 36.5 Å². The largest absolute Gasteiger partial charge is 0.494 e. The molecule has 1 heterocycles. The quantitative estimate of drug-likeness (QED) is 0.661. The Bertz CT molecular complexity index is 1070. The van der Waals surface area contributed by atoms with Crippen LogP contribution in [0.25, 0.3) is 0 Å². The van der Waals surface area contributed by atoms with Gasteiger partial charge in [0, 0.05) is 35.2 Å². The molecular formula is C26H31NO5. The molecule has 1 aliphatic heterocycles. The smallest absolute Gasteiger partial charge is 0.203 e. The number of fused-ring (bicyclic) bond motifs is 1. The van der Waals surface area contributed by atoms with Crippen molar-refractivity contribution in [2.45, 2.75) is 39.5 Å². The molecule has 0 aromatic heterocycles. The summed E-state index contributed by atoms with van der Waals surface area (Å²) in [6, 6.07) is 9.88. The summed E-state index contributed by atoms with van der Waals surface area (Å²) in [5.74, 6) is 2.33. The average Bonchev–Trinajstić information content (AvgIpc) is 2.76. The molecule has 6 heteroatoms. The van der Waals surface area contributed by atoms with Gasteiger partial charge in [-0.15, -0.1) is 0 Å². The van der Waals surface area contributed by atoms with Gasteiger partial charge in [0.25, 0.3) is 0 Å². The number of methoxy groups -OCH3 is 3. The number of rotatable bonds is 6. The Morgan fingerprint density at radius 2 is 1.69 bits per heavy atom. The summed E-state index contributed by atoms with van der Waals surface area (Å²) < 4.78 is 22.7. The van der Waals surface area contributed by atoms with Crippen LogP contribution in [0.2, 0.25) is 0 Å². The predicted molar refractivity (Wildman–Crippen MR) is 124 cm³/mol. The molecule has 0 fully saturated rings. The fourth-order valence-electron chi connectivity index (χ4n) is 4.91. The predicted octanol–water partition coefficient (Wildman–Crippen LogP) is 5.31. The van der Waals surface area contributed by atoms with E-state index in [-0.39, 0.29) is 17.1 Å². The summed E-state index contributed by atoms with van der Waals surface area (Å²) >= 11 is 0. The van der Waals surface area contributed by atoms with E-state index in [1.54, 1.807) is 21.3 Å². The van der Waals surface area contributed by atoms with Crippen molar-refractivity contribution in [2.24, 2.45) is 5.41 Å². The highest BCUT2D eigenvalue weighted by Crippen LogP contribution is 2.56. The first-order valence-corrected chi connectivity index (χ1v) is 10.9. The fraction of sp³-hybridized carbons (Fsp3) is 0.423. The van der Waals surface area contributed by atoms with Crippen molar-refractivity contribution in [3.8, 4) is 23.0 Å². The minimum absolute atomic E-state index is 0.107. The number of benzene rings is 2. The zero-order valence-electron chi connectivity index (χ0n) is 19.6. The van der Waals surface area contributed by atoms with E-state index >= 15 is 0 Å². The van der Waals surface area contributed by atoms with Crippen molar-refractivity contribution in [2.75, 3.05) is 33.3 Å². The number of anilines is 1. The molecule has 1 N–H and O–H groups in total. The summed E-state index contributed by atoms with van der Waals surface area (Å²) in [5, 5.41) is 3.54. The van der Waals surface area contributed by atoms with Gasteiger partial charge in [0.05, 0.1) is 33.6 Å². The molecule has 6 nitrogen and oxygen atoms in total. The molecule has 1 atom stereocenters. The van der Waals surface area contributed by atoms with E-state index in [0.717, 1.165) is 40.3 Å². The molecule has 2 aromatic carbocycles. The second kappa shape index (κ2) is 8.41. The van der Waals surface area contributed by atoms with Gasteiger partial charge in [-0.2, -0.15) is 0 Å². The monoisotopic (exact) mass is 437 g/mol. The maximum absolute atomic E-state index is 13.5. The van der Waals surface area contributed by atoms with Crippen molar-refractivity contribution < 1.29 is 23.7 Å². The molecule has 1 aliphatic carbocycles. The lowest BCUT2D eigenvalue weighted by Gasteiger charge is -2.40. The molecule has 170 valence electrons. The maximum atomic E-state index is 13.5. The summed E-state index contributed by atoms with van der Waals surface area (Å²) in [4.78, 5) is 13.5. The minimum Gasteiger partial charge on any atom is -0.494 e. The van der Waals surface area contributed by atoms with Crippen LogP contribution in [0.1, 0.15) is 50.7 Å². The van der Waals surface area contributed by atoms with Crippen LogP contribution in [0.15, 0.2) is 41.6 Å². The second-order valence-corrected chi connectivity index (χ2v) is 9.00. The van der Waals surface area contributed by atoms with Crippen molar-refractivity contribution in [3.63, 3.8) is 0 Å². The van der Waals surface area contributed by atoms with E-state index in [1.165, 1.54) is 0 Å². The molecule has 2 aliphatic rings. The Kier molecular flexibility index (Phi) is 5.80. The third kappa shape index (κ3) is 3.68. The first kappa shape index (κ1) is 22.1. The van der Waals surface area contributed by atoms with Crippen LogP contribution < -0.4 is 24.3 Å². The van der Waals surface area contributed by atoms with Crippen LogP contribution in [0, 0.1) is 5.41 Å². The molecule has 0 bridgehead atoms. The van der Waals surface area contributed by atoms with Crippen LogP contribution >= 0.6 is 0 Å². The van der Waals surface area contributed by atoms with Crippen molar-refractivity contribution in [1.82, 2.24) is 0 Å². The lowest BCUT2D eigenvalue weighted by atomic mass is 9.68. The van der Waals surface area contributed by atoms with Crippen LogP contribution in [0.4, 0.5) is 5.69 Å². The zero-order chi connectivity index (χ0) is 23.0. The maximum Gasteiger partial charge on any atom is 0.203 e. The molecule has 0 unspecified atom stereocenters. The Morgan fingerprint density at radius 1 is 1.00 bits per heavy atom. The van der Waals surface area contributed by atoms with E-state index < -0.39 is 0 Å². The van der Waals surface area contributed by atoms with E-state index in [0.29, 0.717) is 30.3 Å². The summed E-state index contributed by atoms with van der Waals surface area (Å²) in [7, 11) is 4.81. The van der Waals surface area contributed by atoms with Crippen LogP contribution in [-0.4, -0.2) is 33.7 Å². The molecule has 4 rings (SSSR count). The topological polar surface area (TPSA) is 66.0 Å². The van der Waals surface area contributed by atoms with Gasteiger partial charge in [0.2, 0.25) is 5.75 Å². The molecule has 32 heavy (non-hydrogen) atoms. The minimum atomic E-state index is -0.282. The summed E-state index contributed by atoms with van der Waals surface area (Å²) in [5.41, 5.74) is 4.40. The van der Waals surface area contributed by atoms with Gasteiger partial charge in [0.1, 0.15) is 5.75 Å². The lowest BCUT2D eigenvalue weighted by Crippen LogP contribution is -2.34. The summed E-state index contributed by atoms with van der Waals surface area (Å²) in [6.45, 7) is 6.82. The first-order chi connectivity index (χ1) is 15.3. The lowest BCUT2D eigenvalue weighted by molar-refractivity contribution is -0.118. The van der Waals surface area contributed by atoms with E-state index in [2.05, 4.69) is 19.2 Å². The molecule has 0 amide bonds. The van der Waals surface area contributed by atoms with Gasteiger partial charge in [-0.1, -0.05) is 26.0 Å². The molecule has 0 spiro atoms. The van der Waals surface area contributed by atoms with Crippen LogP contribution in [-0.2, 0) is 4.79 Å². The zero-order valence-corrected chi connectivity index (χ0v) is 19.6. The Balaban J connectivity index is 1.98. The second-order valence-electron chi connectivity index (χ2n) is 9.00. The molecule has 0 radical (unpaired) electrons.